The van der Waals surface area contributed by atoms with Crippen molar-refractivity contribution in [2.24, 2.45) is 0 Å². The molecule has 2 saturated heterocycles. The monoisotopic (exact) mass is 585 g/mol. The van der Waals surface area contributed by atoms with Crippen molar-refractivity contribution in [3.05, 3.63) is 126 Å². The van der Waals surface area contributed by atoms with Gasteiger partial charge in [-0.15, -0.1) is 0 Å². The number of hydrogen-bond acceptors (Lipinski definition) is 5. The number of carbonyl (C=O) groups is 2. The first-order valence-corrected chi connectivity index (χ1v) is 15.1. The molecule has 3 heterocycles. The predicted molar refractivity (Wildman–Crippen MR) is 169 cm³/mol. The highest BCUT2D eigenvalue weighted by Crippen LogP contribution is 2.40. The number of rotatable bonds is 8. The molecule has 0 N–H and O–H groups in total. The molecular weight excluding hydrogens is 550 g/mol. The van der Waals surface area contributed by atoms with Crippen LogP contribution in [0.15, 0.2) is 109 Å². The fourth-order valence-corrected chi connectivity index (χ4v) is 6.69. The zero-order valence-corrected chi connectivity index (χ0v) is 24.8. The molecule has 1 aromatic heterocycles. The van der Waals surface area contributed by atoms with Gasteiger partial charge in [-0.25, -0.2) is 9.48 Å². The molecule has 3 amide bonds. The number of piperidine rings is 1. The number of hydrogen-bond donors (Lipinski definition) is 0. The number of carbonyl (C=O) groups excluding carboxylic acids is 2. The van der Waals surface area contributed by atoms with Gasteiger partial charge >= 0.3 is 6.03 Å². The van der Waals surface area contributed by atoms with Gasteiger partial charge < -0.3 is 9.64 Å². The fraction of sp³-hybridized carbons (Fsp3) is 0.250. The molecular formula is C36H35N5O3. The lowest BCUT2D eigenvalue weighted by Crippen LogP contribution is -2.56. The SMILES string of the molecule is COc1cccc(CN2C(=O)N(Cc3ccc(-n4cccn4)cc3)C3(CCN(Cc4cccc5ccccc45)CC3)C2=O)c1. The van der Waals surface area contributed by atoms with Crippen LogP contribution in [0.5, 0.6) is 5.75 Å². The zero-order chi connectivity index (χ0) is 30.1. The summed E-state index contributed by atoms with van der Waals surface area (Å²) in [6.45, 7) is 2.84. The van der Waals surface area contributed by atoms with Crippen molar-refractivity contribution in [3.8, 4) is 11.4 Å². The Morgan fingerprint density at radius 3 is 2.34 bits per heavy atom. The van der Waals surface area contributed by atoms with E-state index in [-0.39, 0.29) is 18.5 Å². The Balaban J connectivity index is 1.15. The largest absolute Gasteiger partial charge is 0.497 e. The summed E-state index contributed by atoms with van der Waals surface area (Å²) in [5.41, 5.74) is 3.18. The van der Waals surface area contributed by atoms with Crippen LogP contribution in [0.2, 0.25) is 0 Å². The van der Waals surface area contributed by atoms with E-state index in [0.29, 0.717) is 25.1 Å². The molecule has 2 aliphatic rings. The van der Waals surface area contributed by atoms with Gasteiger partial charge in [-0.05, 0) is 70.6 Å². The van der Waals surface area contributed by atoms with Gasteiger partial charge in [0.2, 0.25) is 0 Å². The molecule has 0 radical (unpaired) electrons. The van der Waals surface area contributed by atoms with E-state index >= 15 is 0 Å². The minimum Gasteiger partial charge on any atom is -0.497 e. The molecule has 0 saturated carbocycles. The Kier molecular flexibility index (Phi) is 7.36. The highest BCUT2D eigenvalue weighted by molar-refractivity contribution is 6.07. The molecule has 7 rings (SSSR count). The number of imide groups is 1. The van der Waals surface area contributed by atoms with Crippen molar-refractivity contribution in [1.82, 2.24) is 24.5 Å². The van der Waals surface area contributed by atoms with E-state index in [0.717, 1.165) is 36.4 Å². The third-order valence-electron chi connectivity index (χ3n) is 9.10. The maximum atomic E-state index is 14.3. The van der Waals surface area contributed by atoms with Crippen molar-refractivity contribution in [2.75, 3.05) is 20.2 Å². The lowest BCUT2D eigenvalue weighted by molar-refractivity contribution is -0.136. The van der Waals surface area contributed by atoms with Crippen molar-refractivity contribution in [1.29, 1.82) is 0 Å². The maximum absolute atomic E-state index is 14.3. The summed E-state index contributed by atoms with van der Waals surface area (Å²) < 4.78 is 7.20. The van der Waals surface area contributed by atoms with Gasteiger partial charge in [0.25, 0.3) is 5.91 Å². The number of fused-ring (bicyclic) bond motifs is 1. The van der Waals surface area contributed by atoms with Crippen LogP contribution in [0.3, 0.4) is 0 Å². The summed E-state index contributed by atoms with van der Waals surface area (Å²) in [4.78, 5) is 34.1. The van der Waals surface area contributed by atoms with Crippen LogP contribution < -0.4 is 4.74 Å². The Labute approximate surface area is 257 Å². The summed E-state index contributed by atoms with van der Waals surface area (Å²) in [5, 5.41) is 6.80. The van der Waals surface area contributed by atoms with Gasteiger partial charge in [0.05, 0.1) is 19.3 Å². The van der Waals surface area contributed by atoms with E-state index in [9.17, 15) is 9.59 Å². The van der Waals surface area contributed by atoms with Crippen LogP contribution >= 0.6 is 0 Å². The summed E-state index contributed by atoms with van der Waals surface area (Å²) in [5.74, 6) is 0.593. The highest BCUT2D eigenvalue weighted by Gasteiger charge is 2.57. The lowest BCUT2D eigenvalue weighted by atomic mass is 9.85. The molecule has 2 fully saturated rings. The quantitative estimate of drug-likeness (QED) is 0.208. The average molecular weight is 586 g/mol. The van der Waals surface area contributed by atoms with E-state index in [2.05, 4.69) is 52.5 Å². The third-order valence-corrected chi connectivity index (χ3v) is 9.10. The Morgan fingerprint density at radius 1 is 0.795 bits per heavy atom. The van der Waals surface area contributed by atoms with Crippen LogP contribution in [0, 0.1) is 0 Å². The normalized spacial score (nSPS) is 16.8. The molecule has 222 valence electrons. The second kappa shape index (κ2) is 11.6. The lowest BCUT2D eigenvalue weighted by Gasteiger charge is -2.42. The molecule has 0 unspecified atom stereocenters. The van der Waals surface area contributed by atoms with E-state index in [1.54, 1.807) is 18.0 Å². The summed E-state index contributed by atoms with van der Waals surface area (Å²) in [7, 11) is 1.62. The van der Waals surface area contributed by atoms with Gasteiger partial charge in [0.15, 0.2) is 0 Å². The molecule has 0 aliphatic carbocycles. The standard InChI is InChI=1S/C36H35N5O3/c1-44-32-11-4-7-28(23-32)24-39-34(42)36(40(35(39)43)25-27-13-15-31(16-14-27)41-20-6-19-37-41)17-21-38(22-18-36)26-30-10-5-9-29-8-2-3-12-33(29)30/h2-16,19-20,23H,17-18,21-22,24-26H2,1H3. The van der Waals surface area contributed by atoms with Crippen LogP contribution in [-0.4, -0.2) is 62.2 Å². The molecule has 8 heteroatoms. The van der Waals surface area contributed by atoms with Crippen molar-refractivity contribution in [3.63, 3.8) is 0 Å². The summed E-state index contributed by atoms with van der Waals surface area (Å²) >= 11 is 0. The molecule has 1 spiro atoms. The third kappa shape index (κ3) is 5.11. The number of likely N-dealkylation sites (tertiary alicyclic amines) is 1. The zero-order valence-electron chi connectivity index (χ0n) is 24.8. The Bertz CT molecular complexity index is 1790. The molecule has 0 bridgehead atoms. The smallest absolute Gasteiger partial charge is 0.328 e. The number of aromatic nitrogens is 2. The fourth-order valence-electron chi connectivity index (χ4n) is 6.69. The van der Waals surface area contributed by atoms with Gasteiger partial charge in [0.1, 0.15) is 11.3 Å². The Hall–Kier alpha value is -4.95. The van der Waals surface area contributed by atoms with Crippen LogP contribution in [-0.2, 0) is 24.4 Å². The maximum Gasteiger partial charge on any atom is 0.328 e. The van der Waals surface area contributed by atoms with Crippen molar-refractivity contribution >= 4 is 22.7 Å². The van der Waals surface area contributed by atoms with Crippen molar-refractivity contribution in [2.45, 2.75) is 38.0 Å². The molecule has 8 nitrogen and oxygen atoms in total. The summed E-state index contributed by atoms with van der Waals surface area (Å²) in [6.07, 6.45) is 4.81. The highest BCUT2D eigenvalue weighted by atomic mass is 16.5. The molecule has 44 heavy (non-hydrogen) atoms. The summed E-state index contributed by atoms with van der Waals surface area (Å²) in [6, 6.07) is 32.1. The average Bonchev–Trinajstić information content (AvgIpc) is 3.67. The van der Waals surface area contributed by atoms with Gasteiger partial charge in [-0.3, -0.25) is 14.6 Å². The minimum atomic E-state index is -0.883. The number of nitrogens with zero attached hydrogens (tertiary/aromatic N) is 5. The first kappa shape index (κ1) is 27.9. The number of amides is 3. The topological polar surface area (TPSA) is 70.9 Å². The first-order chi connectivity index (χ1) is 21.5. The molecule has 0 atom stereocenters. The second-order valence-electron chi connectivity index (χ2n) is 11.7. The predicted octanol–water partition coefficient (Wildman–Crippen LogP) is 6.03. The number of urea groups is 1. The van der Waals surface area contributed by atoms with Crippen LogP contribution in [0.4, 0.5) is 4.79 Å². The number of methoxy groups -OCH3 is 1. The van der Waals surface area contributed by atoms with Gasteiger partial charge in [0, 0.05) is 38.6 Å². The van der Waals surface area contributed by atoms with Gasteiger partial charge in [-0.1, -0.05) is 66.7 Å². The van der Waals surface area contributed by atoms with Crippen LogP contribution in [0.25, 0.3) is 16.5 Å². The van der Waals surface area contributed by atoms with Gasteiger partial charge in [-0.2, -0.15) is 5.10 Å². The number of benzene rings is 4. The first-order valence-electron chi connectivity index (χ1n) is 15.1. The van der Waals surface area contributed by atoms with E-state index in [4.69, 9.17) is 4.74 Å². The Morgan fingerprint density at radius 2 is 1.57 bits per heavy atom. The minimum absolute atomic E-state index is 0.108. The van der Waals surface area contributed by atoms with Crippen LogP contribution in [0.1, 0.15) is 29.5 Å². The molecule has 5 aromatic rings. The molecule has 2 aliphatic heterocycles. The number of ether oxygens (including phenoxy) is 1. The van der Waals surface area contributed by atoms with Crippen molar-refractivity contribution < 1.29 is 14.3 Å². The second-order valence-corrected chi connectivity index (χ2v) is 11.7. The van der Waals surface area contributed by atoms with E-state index < -0.39 is 5.54 Å². The van der Waals surface area contributed by atoms with E-state index in [1.165, 1.54) is 21.2 Å². The van der Waals surface area contributed by atoms with E-state index in [1.807, 2.05) is 65.7 Å². The molecule has 4 aromatic carbocycles.